The van der Waals surface area contributed by atoms with Crippen molar-refractivity contribution in [3.63, 3.8) is 0 Å². The standard InChI is InChI=1S/C11H8Br2N2/c12-8-2-1-3-9(6-8)15-11-4-5-14-7-10(11)13/h1-7H,(H,14,15). The number of hydrogen-bond donors (Lipinski definition) is 1. The zero-order chi connectivity index (χ0) is 10.7. The first-order valence-corrected chi connectivity index (χ1v) is 5.96. The molecule has 76 valence electrons. The Labute approximate surface area is 105 Å². The van der Waals surface area contributed by atoms with E-state index >= 15 is 0 Å². The van der Waals surface area contributed by atoms with Crippen LogP contribution >= 0.6 is 31.9 Å². The van der Waals surface area contributed by atoms with E-state index in [1.54, 1.807) is 12.4 Å². The van der Waals surface area contributed by atoms with Crippen LogP contribution in [-0.2, 0) is 0 Å². The highest BCUT2D eigenvalue weighted by molar-refractivity contribution is 9.10. The molecule has 4 heteroatoms. The molecule has 1 heterocycles. The summed E-state index contributed by atoms with van der Waals surface area (Å²) in [6, 6.07) is 9.93. The van der Waals surface area contributed by atoms with E-state index in [2.05, 4.69) is 42.2 Å². The van der Waals surface area contributed by atoms with Crippen LogP contribution in [-0.4, -0.2) is 4.98 Å². The largest absolute Gasteiger partial charge is 0.354 e. The van der Waals surface area contributed by atoms with Gasteiger partial charge in [-0.05, 0) is 40.2 Å². The fourth-order valence-corrected chi connectivity index (χ4v) is 1.95. The van der Waals surface area contributed by atoms with E-state index in [0.29, 0.717) is 0 Å². The van der Waals surface area contributed by atoms with E-state index in [1.165, 1.54) is 0 Å². The van der Waals surface area contributed by atoms with Gasteiger partial charge in [0.1, 0.15) is 0 Å². The highest BCUT2D eigenvalue weighted by atomic mass is 79.9. The molecule has 0 aliphatic heterocycles. The Morgan fingerprint density at radius 2 is 2.00 bits per heavy atom. The van der Waals surface area contributed by atoms with Gasteiger partial charge in [-0.3, -0.25) is 4.98 Å². The fourth-order valence-electron chi connectivity index (χ4n) is 1.20. The monoisotopic (exact) mass is 326 g/mol. The molecule has 0 saturated carbocycles. The quantitative estimate of drug-likeness (QED) is 0.887. The van der Waals surface area contributed by atoms with Gasteiger partial charge in [-0.25, -0.2) is 0 Å². The van der Waals surface area contributed by atoms with Gasteiger partial charge in [0.15, 0.2) is 0 Å². The number of benzene rings is 1. The Bertz CT molecular complexity index is 472. The predicted molar refractivity (Wildman–Crippen MR) is 69.4 cm³/mol. The molecule has 0 bridgehead atoms. The van der Waals surface area contributed by atoms with Crippen LogP contribution in [0.4, 0.5) is 11.4 Å². The second kappa shape index (κ2) is 4.77. The minimum Gasteiger partial charge on any atom is -0.354 e. The molecule has 0 spiro atoms. The molecule has 2 aromatic rings. The van der Waals surface area contributed by atoms with Crippen LogP contribution in [0.15, 0.2) is 51.7 Å². The normalized spacial score (nSPS) is 10.0. The van der Waals surface area contributed by atoms with Crippen LogP contribution in [0, 0.1) is 0 Å². The Kier molecular flexibility index (Phi) is 3.38. The summed E-state index contributed by atoms with van der Waals surface area (Å²) in [4.78, 5) is 4.01. The summed E-state index contributed by atoms with van der Waals surface area (Å²) < 4.78 is 2.00. The Balaban J connectivity index is 2.26. The van der Waals surface area contributed by atoms with Crippen LogP contribution in [0.2, 0.25) is 0 Å². The molecule has 2 rings (SSSR count). The zero-order valence-corrected chi connectivity index (χ0v) is 10.9. The van der Waals surface area contributed by atoms with Gasteiger partial charge in [-0.2, -0.15) is 0 Å². The lowest BCUT2D eigenvalue weighted by atomic mass is 10.3. The van der Waals surface area contributed by atoms with Crippen molar-refractivity contribution in [1.82, 2.24) is 4.98 Å². The number of halogens is 2. The first-order chi connectivity index (χ1) is 7.25. The van der Waals surface area contributed by atoms with Crippen LogP contribution in [0.5, 0.6) is 0 Å². The minimum atomic E-state index is 0.949. The van der Waals surface area contributed by atoms with Crippen molar-refractivity contribution >= 4 is 43.2 Å². The van der Waals surface area contributed by atoms with Crippen LogP contribution in [0.3, 0.4) is 0 Å². The molecular weight excluding hydrogens is 320 g/mol. The number of hydrogen-bond acceptors (Lipinski definition) is 2. The van der Waals surface area contributed by atoms with Gasteiger partial charge in [0.25, 0.3) is 0 Å². The molecule has 0 atom stereocenters. The van der Waals surface area contributed by atoms with Crippen LogP contribution in [0.1, 0.15) is 0 Å². The summed E-state index contributed by atoms with van der Waals surface area (Å²) in [5.41, 5.74) is 2.04. The lowest BCUT2D eigenvalue weighted by Crippen LogP contribution is -1.91. The molecule has 0 aliphatic carbocycles. The summed E-state index contributed by atoms with van der Waals surface area (Å²) in [6.45, 7) is 0. The van der Waals surface area contributed by atoms with E-state index in [1.807, 2.05) is 30.3 Å². The van der Waals surface area contributed by atoms with Crippen LogP contribution in [0.25, 0.3) is 0 Å². The molecule has 0 fully saturated rings. The molecule has 1 N–H and O–H groups in total. The maximum absolute atomic E-state index is 4.01. The second-order valence-electron chi connectivity index (χ2n) is 2.99. The molecule has 0 unspecified atom stereocenters. The number of rotatable bonds is 2. The van der Waals surface area contributed by atoms with Gasteiger partial charge >= 0.3 is 0 Å². The number of aromatic nitrogens is 1. The average Bonchev–Trinajstić information content (AvgIpc) is 2.22. The minimum absolute atomic E-state index is 0.949. The van der Waals surface area contributed by atoms with Crippen molar-refractivity contribution < 1.29 is 0 Å². The molecule has 0 saturated heterocycles. The Morgan fingerprint density at radius 1 is 1.13 bits per heavy atom. The molecule has 2 nitrogen and oxygen atoms in total. The first kappa shape index (κ1) is 10.6. The molecular formula is C11H8Br2N2. The lowest BCUT2D eigenvalue weighted by Gasteiger charge is -2.07. The SMILES string of the molecule is Brc1cccc(Nc2ccncc2Br)c1. The zero-order valence-electron chi connectivity index (χ0n) is 7.74. The summed E-state index contributed by atoms with van der Waals surface area (Å²) in [5.74, 6) is 0. The number of nitrogens with zero attached hydrogens (tertiary/aromatic N) is 1. The molecule has 15 heavy (non-hydrogen) atoms. The molecule has 0 aliphatic rings. The summed E-state index contributed by atoms with van der Waals surface area (Å²) in [7, 11) is 0. The first-order valence-electron chi connectivity index (χ1n) is 4.38. The fraction of sp³-hybridized carbons (Fsp3) is 0. The number of nitrogens with one attached hydrogen (secondary N) is 1. The van der Waals surface area contributed by atoms with Gasteiger partial charge in [0.05, 0.1) is 10.2 Å². The molecule has 0 amide bonds. The van der Waals surface area contributed by atoms with E-state index in [4.69, 9.17) is 0 Å². The molecule has 1 aromatic heterocycles. The smallest absolute Gasteiger partial charge is 0.0593 e. The van der Waals surface area contributed by atoms with Crippen molar-refractivity contribution in [3.8, 4) is 0 Å². The summed E-state index contributed by atoms with van der Waals surface area (Å²) in [5, 5.41) is 3.30. The lowest BCUT2D eigenvalue weighted by molar-refractivity contribution is 1.30. The number of pyridine rings is 1. The van der Waals surface area contributed by atoms with Gasteiger partial charge in [-0.15, -0.1) is 0 Å². The highest BCUT2D eigenvalue weighted by Gasteiger charge is 1.99. The number of anilines is 2. The van der Waals surface area contributed by atoms with Gasteiger partial charge in [0, 0.05) is 22.6 Å². The van der Waals surface area contributed by atoms with E-state index in [0.717, 1.165) is 20.3 Å². The van der Waals surface area contributed by atoms with Crippen molar-refractivity contribution in [2.45, 2.75) is 0 Å². The maximum Gasteiger partial charge on any atom is 0.0593 e. The predicted octanol–water partition coefficient (Wildman–Crippen LogP) is 4.35. The van der Waals surface area contributed by atoms with E-state index in [-0.39, 0.29) is 0 Å². The third-order valence-corrected chi connectivity index (χ3v) is 3.00. The van der Waals surface area contributed by atoms with Crippen LogP contribution < -0.4 is 5.32 Å². The molecule has 1 aromatic carbocycles. The summed E-state index contributed by atoms with van der Waals surface area (Å²) in [6.07, 6.45) is 3.52. The van der Waals surface area contributed by atoms with Gasteiger partial charge in [0.2, 0.25) is 0 Å². The Hall–Kier alpha value is -0.870. The second-order valence-corrected chi connectivity index (χ2v) is 4.76. The topological polar surface area (TPSA) is 24.9 Å². The van der Waals surface area contributed by atoms with Gasteiger partial charge < -0.3 is 5.32 Å². The van der Waals surface area contributed by atoms with E-state index < -0.39 is 0 Å². The molecule has 0 radical (unpaired) electrons. The van der Waals surface area contributed by atoms with Gasteiger partial charge in [-0.1, -0.05) is 22.0 Å². The average molecular weight is 328 g/mol. The third kappa shape index (κ3) is 2.79. The van der Waals surface area contributed by atoms with Crippen molar-refractivity contribution in [1.29, 1.82) is 0 Å². The summed E-state index contributed by atoms with van der Waals surface area (Å²) >= 11 is 6.87. The Morgan fingerprint density at radius 3 is 2.73 bits per heavy atom. The maximum atomic E-state index is 4.01. The highest BCUT2D eigenvalue weighted by Crippen LogP contribution is 2.25. The van der Waals surface area contributed by atoms with Crippen molar-refractivity contribution in [2.24, 2.45) is 0 Å². The van der Waals surface area contributed by atoms with E-state index in [9.17, 15) is 0 Å². The third-order valence-electron chi connectivity index (χ3n) is 1.88. The van der Waals surface area contributed by atoms with Crippen molar-refractivity contribution in [3.05, 3.63) is 51.7 Å². The van der Waals surface area contributed by atoms with Crippen molar-refractivity contribution in [2.75, 3.05) is 5.32 Å².